The first-order valence-electron chi connectivity index (χ1n) is 7.31. The minimum atomic E-state index is -5.47. The maximum absolute atomic E-state index is 12.7. The second-order valence-corrected chi connectivity index (χ2v) is 7.48. The summed E-state index contributed by atoms with van der Waals surface area (Å²) in [6, 6.07) is 10.8. The molecule has 0 bridgehead atoms. The second kappa shape index (κ2) is 7.96. The zero-order chi connectivity index (χ0) is 19.4. The van der Waals surface area contributed by atoms with Crippen LogP contribution in [0.15, 0.2) is 53.4 Å². The Morgan fingerprint density at radius 3 is 2.23 bits per heavy atom. The molecular weight excluding hydrogens is 393 g/mol. The van der Waals surface area contributed by atoms with Gasteiger partial charge in [0, 0.05) is 23.7 Å². The van der Waals surface area contributed by atoms with Gasteiger partial charge in [-0.1, -0.05) is 23.7 Å². The Kier molecular flexibility index (Phi) is 6.14. The molecule has 0 saturated carbocycles. The molecule has 2 rings (SSSR count). The Balaban J connectivity index is 1.99. The number of para-hydroxylation sites is 1. The lowest BCUT2D eigenvalue weighted by Gasteiger charge is -2.14. The number of hydrogen-bond donors (Lipinski definition) is 2. The van der Waals surface area contributed by atoms with E-state index in [-0.39, 0.29) is 24.7 Å². The molecule has 2 aromatic carbocycles. The maximum atomic E-state index is 12.7. The number of carbonyl (C=O) groups excluding carboxylic acids is 1. The van der Waals surface area contributed by atoms with Gasteiger partial charge in [-0.25, -0.2) is 8.42 Å². The summed E-state index contributed by atoms with van der Waals surface area (Å²) in [7, 11) is -5.47. The summed E-state index contributed by atoms with van der Waals surface area (Å²) in [5, 5.41) is 5.63. The number of alkyl halides is 3. The molecule has 0 aliphatic carbocycles. The fourth-order valence-corrected chi connectivity index (χ4v) is 3.11. The third-order valence-corrected chi connectivity index (χ3v) is 5.11. The van der Waals surface area contributed by atoms with E-state index in [9.17, 15) is 26.4 Å². The molecule has 2 aromatic rings. The van der Waals surface area contributed by atoms with E-state index in [0.29, 0.717) is 10.6 Å². The Hall–Kier alpha value is -2.26. The zero-order valence-corrected chi connectivity index (χ0v) is 14.8. The van der Waals surface area contributed by atoms with Crippen molar-refractivity contribution in [2.24, 2.45) is 0 Å². The fourth-order valence-electron chi connectivity index (χ4n) is 2.05. The number of nitrogens with one attached hydrogen (secondary N) is 2. The summed E-state index contributed by atoms with van der Waals surface area (Å²) in [5.74, 6) is -0.389. The highest BCUT2D eigenvalue weighted by Crippen LogP contribution is 2.34. The molecule has 0 heterocycles. The number of amides is 1. The standard InChI is InChI=1S/C16H14ClF3N2O3S/c17-12-7-5-11(6-8-12)15(23)22-10-9-21-13-3-1-2-4-14(13)26(24,25)16(18,19)20/h1-8,21H,9-10H2,(H,22,23). The molecule has 0 spiro atoms. The van der Waals surface area contributed by atoms with Crippen LogP contribution in [0.3, 0.4) is 0 Å². The topological polar surface area (TPSA) is 75.3 Å². The van der Waals surface area contributed by atoms with Crippen molar-refractivity contribution in [3.8, 4) is 0 Å². The van der Waals surface area contributed by atoms with Crippen molar-refractivity contribution in [2.45, 2.75) is 10.4 Å². The number of anilines is 1. The number of benzene rings is 2. The number of hydrogen-bond acceptors (Lipinski definition) is 4. The Bertz CT molecular complexity index is 884. The summed E-state index contributed by atoms with van der Waals surface area (Å²) < 4.78 is 61.3. The summed E-state index contributed by atoms with van der Waals surface area (Å²) >= 11 is 5.72. The van der Waals surface area contributed by atoms with Crippen LogP contribution in [0.5, 0.6) is 0 Å². The van der Waals surface area contributed by atoms with Crippen molar-refractivity contribution in [3.63, 3.8) is 0 Å². The van der Waals surface area contributed by atoms with Gasteiger partial charge < -0.3 is 10.6 Å². The number of sulfone groups is 1. The second-order valence-electron chi connectivity index (χ2n) is 5.13. The molecule has 1 amide bonds. The maximum Gasteiger partial charge on any atom is 0.501 e. The van der Waals surface area contributed by atoms with Crippen molar-refractivity contribution < 1.29 is 26.4 Å². The van der Waals surface area contributed by atoms with Crippen LogP contribution < -0.4 is 10.6 Å². The van der Waals surface area contributed by atoms with E-state index in [0.717, 1.165) is 6.07 Å². The van der Waals surface area contributed by atoms with Gasteiger partial charge in [-0.3, -0.25) is 4.79 Å². The number of halogens is 4. The van der Waals surface area contributed by atoms with Crippen molar-refractivity contribution in [1.29, 1.82) is 0 Å². The van der Waals surface area contributed by atoms with E-state index in [1.807, 2.05) is 0 Å². The summed E-state index contributed by atoms with van der Waals surface area (Å²) in [5.41, 5.74) is -5.21. The molecular formula is C16H14ClF3N2O3S. The Labute approximate surface area is 153 Å². The quantitative estimate of drug-likeness (QED) is 0.720. The number of rotatable bonds is 6. The van der Waals surface area contributed by atoms with E-state index in [2.05, 4.69) is 10.6 Å². The molecule has 0 radical (unpaired) electrons. The molecule has 26 heavy (non-hydrogen) atoms. The summed E-state index contributed by atoms with van der Waals surface area (Å²) in [6.45, 7) is 0.103. The predicted molar refractivity (Wildman–Crippen MR) is 92.0 cm³/mol. The van der Waals surface area contributed by atoms with Gasteiger partial charge >= 0.3 is 5.51 Å². The van der Waals surface area contributed by atoms with Crippen molar-refractivity contribution in [2.75, 3.05) is 18.4 Å². The first-order valence-corrected chi connectivity index (χ1v) is 9.17. The van der Waals surface area contributed by atoms with Gasteiger partial charge in [0.25, 0.3) is 15.7 Å². The van der Waals surface area contributed by atoms with E-state index >= 15 is 0 Å². The third-order valence-electron chi connectivity index (χ3n) is 3.31. The van der Waals surface area contributed by atoms with Gasteiger partial charge in [0.2, 0.25) is 0 Å². The molecule has 0 aliphatic heterocycles. The Morgan fingerprint density at radius 2 is 1.62 bits per heavy atom. The molecule has 0 unspecified atom stereocenters. The van der Waals surface area contributed by atoms with Crippen LogP contribution in [-0.4, -0.2) is 32.9 Å². The van der Waals surface area contributed by atoms with Gasteiger partial charge in [-0.2, -0.15) is 13.2 Å². The summed E-state index contributed by atoms with van der Waals surface area (Å²) in [4.78, 5) is 11.0. The molecule has 2 N–H and O–H groups in total. The SMILES string of the molecule is O=C(NCCNc1ccccc1S(=O)(=O)C(F)(F)F)c1ccc(Cl)cc1. The molecule has 0 aromatic heterocycles. The fraction of sp³-hybridized carbons (Fsp3) is 0.188. The van der Waals surface area contributed by atoms with Crippen LogP contribution in [0.25, 0.3) is 0 Å². The highest BCUT2D eigenvalue weighted by molar-refractivity contribution is 7.92. The van der Waals surface area contributed by atoms with Gasteiger partial charge in [0.15, 0.2) is 0 Å². The van der Waals surface area contributed by atoms with Crippen LogP contribution in [0, 0.1) is 0 Å². The van der Waals surface area contributed by atoms with Crippen LogP contribution in [-0.2, 0) is 9.84 Å². The van der Waals surface area contributed by atoms with Gasteiger partial charge in [-0.15, -0.1) is 0 Å². The lowest BCUT2D eigenvalue weighted by atomic mass is 10.2. The average molecular weight is 407 g/mol. The first kappa shape index (κ1) is 20.1. The molecule has 0 fully saturated rings. The normalized spacial score (nSPS) is 11.8. The van der Waals surface area contributed by atoms with Gasteiger partial charge in [0.1, 0.15) is 0 Å². The van der Waals surface area contributed by atoms with Gasteiger partial charge in [-0.05, 0) is 36.4 Å². The van der Waals surface area contributed by atoms with E-state index in [4.69, 9.17) is 11.6 Å². The lowest BCUT2D eigenvalue weighted by molar-refractivity contribution is -0.0435. The van der Waals surface area contributed by atoms with E-state index in [1.54, 1.807) is 12.1 Å². The van der Waals surface area contributed by atoms with Crippen LogP contribution in [0.4, 0.5) is 18.9 Å². The summed E-state index contributed by atoms with van der Waals surface area (Å²) in [6.07, 6.45) is 0. The molecule has 0 atom stereocenters. The minimum Gasteiger partial charge on any atom is -0.382 e. The molecule has 5 nitrogen and oxygen atoms in total. The molecule has 140 valence electrons. The van der Waals surface area contributed by atoms with Crippen molar-refractivity contribution in [1.82, 2.24) is 5.32 Å². The van der Waals surface area contributed by atoms with E-state index < -0.39 is 20.2 Å². The highest BCUT2D eigenvalue weighted by atomic mass is 35.5. The highest BCUT2D eigenvalue weighted by Gasteiger charge is 2.47. The molecule has 0 saturated heterocycles. The average Bonchev–Trinajstić information content (AvgIpc) is 2.58. The van der Waals surface area contributed by atoms with Crippen molar-refractivity contribution in [3.05, 3.63) is 59.1 Å². The number of carbonyl (C=O) groups is 1. The molecule has 0 aliphatic rings. The van der Waals surface area contributed by atoms with Crippen LogP contribution >= 0.6 is 11.6 Å². The van der Waals surface area contributed by atoms with Crippen LogP contribution in [0.1, 0.15) is 10.4 Å². The van der Waals surface area contributed by atoms with Gasteiger partial charge in [0.05, 0.1) is 10.6 Å². The largest absolute Gasteiger partial charge is 0.501 e. The van der Waals surface area contributed by atoms with Crippen LogP contribution in [0.2, 0.25) is 5.02 Å². The van der Waals surface area contributed by atoms with Crippen molar-refractivity contribution >= 4 is 33.0 Å². The zero-order valence-electron chi connectivity index (χ0n) is 13.2. The predicted octanol–water partition coefficient (Wildman–Crippen LogP) is 3.48. The smallest absolute Gasteiger partial charge is 0.382 e. The molecule has 10 heteroatoms. The Morgan fingerprint density at radius 1 is 1.00 bits per heavy atom. The first-order chi connectivity index (χ1) is 12.1. The minimum absolute atomic E-state index is 0.0315. The monoisotopic (exact) mass is 406 g/mol. The van der Waals surface area contributed by atoms with E-state index in [1.165, 1.54) is 30.3 Å². The lowest BCUT2D eigenvalue weighted by Crippen LogP contribution is -2.29. The third kappa shape index (κ3) is 4.67.